The third kappa shape index (κ3) is 4.26. The van der Waals surface area contributed by atoms with Crippen LogP contribution in [0.25, 0.3) is 10.8 Å². The Morgan fingerprint density at radius 2 is 0.853 bits per heavy atom. The van der Waals surface area contributed by atoms with Crippen LogP contribution in [0, 0.1) is 13.8 Å². The highest BCUT2D eigenvalue weighted by molar-refractivity contribution is 7.93. The minimum absolute atomic E-state index is 0.128. The van der Waals surface area contributed by atoms with Gasteiger partial charge in [-0.2, -0.15) is 0 Å². The zero-order valence-electron chi connectivity index (χ0n) is 19.4. The number of anilines is 2. The van der Waals surface area contributed by atoms with E-state index in [0.29, 0.717) is 0 Å². The van der Waals surface area contributed by atoms with Gasteiger partial charge in [-0.05, 0) is 61.0 Å². The topological polar surface area (TPSA) is 74.8 Å². The van der Waals surface area contributed by atoms with Crippen molar-refractivity contribution in [2.75, 3.05) is 22.7 Å². The maximum absolute atomic E-state index is 13.5. The molecule has 4 rings (SSSR count). The molecule has 0 aliphatic rings. The van der Waals surface area contributed by atoms with Crippen LogP contribution in [0.3, 0.4) is 0 Å². The van der Waals surface area contributed by atoms with E-state index < -0.39 is 20.0 Å². The summed E-state index contributed by atoms with van der Waals surface area (Å²) in [5.41, 5.74) is 2.41. The lowest BCUT2D eigenvalue weighted by atomic mass is 10.1. The van der Waals surface area contributed by atoms with Gasteiger partial charge in [-0.15, -0.1) is 0 Å². The van der Waals surface area contributed by atoms with Gasteiger partial charge in [0, 0.05) is 14.1 Å². The largest absolute Gasteiger partial charge is 0.267 e. The summed E-state index contributed by atoms with van der Waals surface area (Å²) >= 11 is 0. The monoisotopic (exact) mass is 494 g/mol. The standard InChI is InChI=1S/C26H26N2O4S2/c1-19-9-13-23(14-10-19)33(29,30)27(3)25-17-21-7-5-6-8-22(21)18-26(25)28(4)34(31,32)24-15-11-20(2)12-16-24/h5-18H,1-4H3. The van der Waals surface area contributed by atoms with Gasteiger partial charge < -0.3 is 0 Å². The number of hydrogen-bond acceptors (Lipinski definition) is 4. The lowest BCUT2D eigenvalue weighted by Gasteiger charge is -2.28. The average Bonchev–Trinajstić information content (AvgIpc) is 2.82. The van der Waals surface area contributed by atoms with Crippen molar-refractivity contribution >= 4 is 42.2 Å². The lowest BCUT2D eigenvalue weighted by molar-refractivity contribution is 0.591. The van der Waals surface area contributed by atoms with E-state index in [-0.39, 0.29) is 21.2 Å². The molecular weight excluding hydrogens is 468 g/mol. The van der Waals surface area contributed by atoms with E-state index in [1.54, 1.807) is 60.7 Å². The summed E-state index contributed by atoms with van der Waals surface area (Å²) in [5, 5.41) is 1.60. The van der Waals surface area contributed by atoms with Crippen molar-refractivity contribution < 1.29 is 16.8 Å². The lowest BCUT2D eigenvalue weighted by Crippen LogP contribution is -2.31. The Balaban J connectivity index is 1.90. The second-order valence-corrected chi connectivity index (χ2v) is 12.2. The zero-order chi connectivity index (χ0) is 24.7. The smallest absolute Gasteiger partial charge is 0.264 e. The number of hydrogen-bond donors (Lipinski definition) is 0. The molecule has 8 heteroatoms. The summed E-state index contributed by atoms with van der Waals surface area (Å²) in [6.45, 7) is 3.76. The first-order valence-electron chi connectivity index (χ1n) is 10.7. The van der Waals surface area contributed by atoms with E-state index >= 15 is 0 Å². The van der Waals surface area contributed by atoms with Crippen molar-refractivity contribution in [2.24, 2.45) is 0 Å². The van der Waals surface area contributed by atoms with Crippen LogP contribution in [-0.2, 0) is 20.0 Å². The average molecular weight is 495 g/mol. The zero-order valence-corrected chi connectivity index (χ0v) is 21.1. The highest BCUT2D eigenvalue weighted by atomic mass is 32.2. The summed E-state index contributed by atoms with van der Waals surface area (Å²) in [5.74, 6) is 0. The van der Waals surface area contributed by atoms with Gasteiger partial charge in [0.25, 0.3) is 20.0 Å². The molecule has 4 aromatic carbocycles. The van der Waals surface area contributed by atoms with Crippen molar-refractivity contribution in [1.82, 2.24) is 0 Å². The highest BCUT2D eigenvalue weighted by Gasteiger charge is 2.29. The molecule has 176 valence electrons. The van der Waals surface area contributed by atoms with Gasteiger partial charge in [0.15, 0.2) is 0 Å². The maximum Gasteiger partial charge on any atom is 0.264 e. The van der Waals surface area contributed by atoms with Crippen molar-refractivity contribution in [3.8, 4) is 0 Å². The molecule has 0 saturated heterocycles. The van der Waals surface area contributed by atoms with E-state index in [9.17, 15) is 16.8 Å². The van der Waals surface area contributed by atoms with Gasteiger partial charge in [0.1, 0.15) is 0 Å². The number of fused-ring (bicyclic) bond motifs is 1. The minimum Gasteiger partial charge on any atom is -0.267 e. The Labute approximate surface area is 201 Å². The van der Waals surface area contributed by atoms with Crippen LogP contribution in [0.15, 0.2) is 94.7 Å². The van der Waals surface area contributed by atoms with Gasteiger partial charge in [-0.3, -0.25) is 8.61 Å². The van der Waals surface area contributed by atoms with Crippen LogP contribution >= 0.6 is 0 Å². The van der Waals surface area contributed by atoms with Crippen LogP contribution in [-0.4, -0.2) is 30.9 Å². The second kappa shape index (κ2) is 8.77. The molecule has 0 bridgehead atoms. The molecule has 0 heterocycles. The van der Waals surface area contributed by atoms with Crippen molar-refractivity contribution in [1.29, 1.82) is 0 Å². The normalized spacial score (nSPS) is 12.0. The van der Waals surface area contributed by atoms with Crippen LogP contribution < -0.4 is 8.61 Å². The predicted molar refractivity (Wildman–Crippen MR) is 137 cm³/mol. The molecule has 0 aromatic heterocycles. The number of rotatable bonds is 6. The fourth-order valence-corrected chi connectivity index (χ4v) is 6.12. The molecule has 0 atom stereocenters. The third-order valence-corrected chi connectivity index (χ3v) is 9.45. The molecule has 0 unspecified atom stereocenters. The molecule has 0 aliphatic heterocycles. The van der Waals surface area contributed by atoms with E-state index in [2.05, 4.69) is 0 Å². The van der Waals surface area contributed by atoms with Crippen molar-refractivity contribution in [3.63, 3.8) is 0 Å². The van der Waals surface area contributed by atoms with Crippen molar-refractivity contribution in [3.05, 3.63) is 96.1 Å². The summed E-state index contributed by atoms with van der Waals surface area (Å²) in [6, 6.07) is 24.0. The van der Waals surface area contributed by atoms with Gasteiger partial charge >= 0.3 is 0 Å². The van der Waals surface area contributed by atoms with Crippen LogP contribution in [0.1, 0.15) is 11.1 Å². The molecule has 0 amide bonds. The summed E-state index contributed by atoms with van der Waals surface area (Å²) in [4.78, 5) is 0.257. The molecule has 6 nitrogen and oxygen atoms in total. The number of nitrogens with zero attached hydrogens (tertiary/aromatic N) is 2. The van der Waals surface area contributed by atoms with E-state index in [1.807, 2.05) is 38.1 Å². The molecule has 0 aliphatic carbocycles. The molecule has 0 saturated carbocycles. The second-order valence-electron chi connectivity index (χ2n) is 8.26. The molecule has 0 radical (unpaired) electrons. The van der Waals surface area contributed by atoms with Gasteiger partial charge in [-0.25, -0.2) is 16.8 Å². The molecule has 4 aromatic rings. The van der Waals surface area contributed by atoms with Crippen LogP contribution in [0.5, 0.6) is 0 Å². The maximum atomic E-state index is 13.5. The Morgan fingerprint density at radius 3 is 1.18 bits per heavy atom. The Morgan fingerprint density at radius 1 is 0.529 bits per heavy atom. The first-order chi connectivity index (χ1) is 16.0. The Hall–Kier alpha value is -3.36. The first-order valence-corrected chi connectivity index (χ1v) is 13.5. The SMILES string of the molecule is Cc1ccc(S(=O)(=O)N(C)c2cc3ccccc3cc2N(C)S(=O)(=O)c2ccc(C)cc2)cc1. The van der Waals surface area contributed by atoms with Gasteiger partial charge in [-0.1, -0.05) is 59.7 Å². The van der Waals surface area contributed by atoms with Gasteiger partial charge in [0.2, 0.25) is 0 Å². The summed E-state index contributed by atoms with van der Waals surface area (Å²) < 4.78 is 56.2. The molecular formula is C26H26N2O4S2. The first kappa shape index (κ1) is 23.8. The number of aryl methyl sites for hydroxylation is 2. The molecule has 0 N–H and O–H groups in total. The van der Waals surface area contributed by atoms with E-state index in [1.165, 1.54) is 14.1 Å². The minimum atomic E-state index is -3.94. The molecule has 34 heavy (non-hydrogen) atoms. The quantitative estimate of drug-likeness (QED) is 0.373. The summed E-state index contributed by atoms with van der Waals surface area (Å²) in [6.07, 6.45) is 0. The fraction of sp³-hybridized carbons (Fsp3) is 0.154. The number of sulfonamides is 2. The highest BCUT2D eigenvalue weighted by Crippen LogP contribution is 2.38. The van der Waals surface area contributed by atoms with E-state index in [0.717, 1.165) is 30.5 Å². The Bertz CT molecular complexity index is 1440. The fourth-order valence-electron chi connectivity index (χ4n) is 3.72. The number of benzene rings is 4. The van der Waals surface area contributed by atoms with Crippen LogP contribution in [0.2, 0.25) is 0 Å². The molecule has 0 fully saturated rings. The Kier molecular flexibility index (Phi) is 6.14. The third-order valence-electron chi connectivity index (χ3n) is 5.88. The predicted octanol–water partition coefficient (Wildman–Crippen LogP) is 5.11. The van der Waals surface area contributed by atoms with Crippen LogP contribution in [0.4, 0.5) is 11.4 Å². The van der Waals surface area contributed by atoms with E-state index in [4.69, 9.17) is 0 Å². The van der Waals surface area contributed by atoms with Gasteiger partial charge in [0.05, 0.1) is 21.2 Å². The summed E-state index contributed by atoms with van der Waals surface area (Å²) in [7, 11) is -5.00. The van der Waals surface area contributed by atoms with Crippen molar-refractivity contribution in [2.45, 2.75) is 23.6 Å². The molecule has 0 spiro atoms.